The molecule has 3 fully saturated rings. The predicted molar refractivity (Wildman–Crippen MR) is 137 cm³/mol. The molecule has 2 aromatic rings. The molecule has 0 radical (unpaired) electrons. The summed E-state index contributed by atoms with van der Waals surface area (Å²) in [6.45, 7) is 6.24. The van der Waals surface area contributed by atoms with Crippen molar-refractivity contribution in [2.75, 3.05) is 5.32 Å². The van der Waals surface area contributed by atoms with Gasteiger partial charge >= 0.3 is 0 Å². The molecule has 0 unspecified atom stereocenters. The number of thiazole rings is 1. The van der Waals surface area contributed by atoms with Crippen LogP contribution in [0.1, 0.15) is 91.1 Å². The molecule has 2 amide bonds. The third-order valence-electron chi connectivity index (χ3n) is 7.87. The van der Waals surface area contributed by atoms with Gasteiger partial charge in [0.25, 0.3) is 11.8 Å². The van der Waals surface area contributed by atoms with Gasteiger partial charge in [0.2, 0.25) is 0 Å². The minimum Gasteiger partial charge on any atom is -0.391 e. The summed E-state index contributed by atoms with van der Waals surface area (Å²) in [5.41, 5.74) is 2.15. The lowest BCUT2D eigenvalue weighted by Crippen LogP contribution is -2.40. The number of hydrogen-bond donors (Lipinski definition) is 3. The molecule has 9 heteroatoms. The topological polar surface area (TPSA) is 107 Å². The summed E-state index contributed by atoms with van der Waals surface area (Å²) in [7, 11) is 0. The molecule has 3 atom stereocenters. The van der Waals surface area contributed by atoms with Crippen LogP contribution in [0.5, 0.6) is 0 Å². The highest BCUT2D eigenvalue weighted by atomic mass is 32.1. The number of aliphatic hydroxyl groups is 1. The molecular formula is C26H35N5O3S. The number of aromatic nitrogens is 2. The second-order valence-corrected chi connectivity index (χ2v) is 11.3. The van der Waals surface area contributed by atoms with Gasteiger partial charge in [0.15, 0.2) is 5.01 Å². The molecule has 2 aromatic heterocycles. The van der Waals surface area contributed by atoms with Gasteiger partial charge in [0.1, 0.15) is 11.5 Å². The first-order valence-electron chi connectivity index (χ1n) is 12.9. The Bertz CT molecular complexity index is 1100. The maximum absolute atomic E-state index is 13.8. The van der Waals surface area contributed by atoms with E-state index in [2.05, 4.69) is 34.4 Å². The number of anilines is 1. The van der Waals surface area contributed by atoms with E-state index in [-0.39, 0.29) is 34.9 Å². The van der Waals surface area contributed by atoms with Crippen LogP contribution < -0.4 is 10.6 Å². The van der Waals surface area contributed by atoms with Gasteiger partial charge in [-0.25, -0.2) is 9.97 Å². The molecular weight excluding hydrogens is 462 g/mol. The zero-order chi connectivity index (χ0) is 24.7. The Morgan fingerprint density at radius 1 is 1.20 bits per heavy atom. The van der Waals surface area contributed by atoms with Crippen molar-refractivity contribution in [3.8, 4) is 10.4 Å². The molecule has 0 spiro atoms. The van der Waals surface area contributed by atoms with Crippen molar-refractivity contribution >= 4 is 29.0 Å². The van der Waals surface area contributed by atoms with Gasteiger partial charge in [0.05, 0.1) is 17.0 Å². The Morgan fingerprint density at radius 3 is 2.51 bits per heavy atom. The van der Waals surface area contributed by atoms with Crippen LogP contribution in [0.2, 0.25) is 0 Å². The van der Waals surface area contributed by atoms with Crippen molar-refractivity contribution in [1.82, 2.24) is 20.2 Å². The molecule has 8 nitrogen and oxygen atoms in total. The molecule has 4 heterocycles. The summed E-state index contributed by atoms with van der Waals surface area (Å²) in [6, 6.07) is 2.57. The molecule has 3 N–H and O–H groups in total. The van der Waals surface area contributed by atoms with Gasteiger partial charge in [-0.3, -0.25) is 9.59 Å². The molecule has 0 aromatic carbocycles. The third-order valence-corrected chi connectivity index (χ3v) is 8.96. The zero-order valence-electron chi connectivity index (χ0n) is 20.7. The molecule has 1 aliphatic carbocycles. The number of carbonyl (C=O) groups excluding carboxylic acids is 2. The summed E-state index contributed by atoms with van der Waals surface area (Å²) in [5, 5.41) is 16.7. The smallest absolute Gasteiger partial charge is 0.280 e. The van der Waals surface area contributed by atoms with Crippen LogP contribution in [0.3, 0.4) is 0 Å². The number of aliphatic hydroxyl groups excluding tert-OH is 1. The van der Waals surface area contributed by atoms with E-state index in [9.17, 15) is 14.7 Å². The number of aryl methyl sites for hydroxylation is 1. The number of nitrogens with zero attached hydrogens (tertiary/aromatic N) is 3. The first-order chi connectivity index (χ1) is 16.9. The van der Waals surface area contributed by atoms with Crippen molar-refractivity contribution < 1.29 is 14.7 Å². The Balaban J connectivity index is 1.49. The van der Waals surface area contributed by atoms with E-state index in [4.69, 9.17) is 0 Å². The second-order valence-electron chi connectivity index (χ2n) is 10.3. The maximum atomic E-state index is 13.8. The quantitative estimate of drug-likeness (QED) is 0.531. The van der Waals surface area contributed by atoms with Crippen LogP contribution in [-0.4, -0.2) is 62.1 Å². The standard InChI is InChI=1S/C26H35N5O3S/c1-4-15(3)28-21-12-14(2)18(13-27-21)23-22(26(34)31-16-8-9-17(31)11-10-16)30-25(35-23)24(33)29-19-6-5-7-20(19)32/h12-13,15-17,19-20,32H,4-11H2,1-3H3,(H,27,28)(H,29,33)/t15-,16?,17?,19+,20+/m1/s1. The summed E-state index contributed by atoms with van der Waals surface area (Å²) in [5.74, 6) is 0.387. The van der Waals surface area contributed by atoms with Crippen molar-refractivity contribution in [2.24, 2.45) is 0 Å². The zero-order valence-corrected chi connectivity index (χ0v) is 21.5. The largest absolute Gasteiger partial charge is 0.391 e. The number of amides is 2. The highest BCUT2D eigenvalue weighted by Gasteiger charge is 2.44. The number of nitrogens with one attached hydrogen (secondary N) is 2. The molecule has 3 aliphatic rings. The van der Waals surface area contributed by atoms with Crippen molar-refractivity contribution in [3.63, 3.8) is 0 Å². The van der Waals surface area contributed by atoms with E-state index in [1.807, 2.05) is 17.9 Å². The lowest BCUT2D eigenvalue weighted by Gasteiger charge is -2.21. The van der Waals surface area contributed by atoms with Crippen LogP contribution >= 0.6 is 11.3 Å². The van der Waals surface area contributed by atoms with Gasteiger partial charge in [-0.15, -0.1) is 11.3 Å². The lowest BCUT2D eigenvalue weighted by atomic mass is 10.0. The molecule has 2 bridgehead atoms. The summed E-state index contributed by atoms with van der Waals surface area (Å²) in [6.07, 6.45) is 8.74. The summed E-state index contributed by atoms with van der Waals surface area (Å²) >= 11 is 1.24. The fraction of sp³-hybridized carbons (Fsp3) is 0.615. The highest BCUT2D eigenvalue weighted by Crippen LogP contribution is 2.41. The van der Waals surface area contributed by atoms with E-state index < -0.39 is 6.10 Å². The maximum Gasteiger partial charge on any atom is 0.280 e. The fourth-order valence-electron chi connectivity index (χ4n) is 5.68. The van der Waals surface area contributed by atoms with E-state index >= 15 is 0 Å². The van der Waals surface area contributed by atoms with E-state index in [0.29, 0.717) is 23.0 Å². The van der Waals surface area contributed by atoms with E-state index in [1.165, 1.54) is 11.3 Å². The fourth-order valence-corrected chi connectivity index (χ4v) is 6.71. The summed E-state index contributed by atoms with van der Waals surface area (Å²) in [4.78, 5) is 38.8. The molecule has 2 aliphatic heterocycles. The molecule has 188 valence electrons. The number of hydrogen-bond acceptors (Lipinski definition) is 7. The van der Waals surface area contributed by atoms with Crippen LogP contribution in [0.25, 0.3) is 10.4 Å². The van der Waals surface area contributed by atoms with Crippen LogP contribution in [0.15, 0.2) is 12.3 Å². The lowest BCUT2D eigenvalue weighted by molar-refractivity contribution is 0.0725. The normalized spacial score (nSPS) is 26.2. The number of pyridine rings is 1. The van der Waals surface area contributed by atoms with Gasteiger partial charge in [-0.05, 0) is 76.8 Å². The van der Waals surface area contributed by atoms with Crippen LogP contribution in [0, 0.1) is 6.92 Å². The number of carbonyl (C=O) groups is 2. The molecule has 5 rings (SSSR count). The van der Waals surface area contributed by atoms with Crippen LogP contribution in [0.4, 0.5) is 5.82 Å². The SMILES string of the molecule is CC[C@@H](C)Nc1cc(C)c(-c2sc(C(=O)N[C@H]3CCC[C@@H]3O)nc2C(=O)N2C3CCC2CC3)cn1. The Kier molecular flexibility index (Phi) is 6.81. The van der Waals surface area contributed by atoms with E-state index in [0.717, 1.165) is 61.9 Å². The number of fused-ring (bicyclic) bond motifs is 2. The molecule has 2 saturated heterocycles. The predicted octanol–water partition coefficient (Wildman–Crippen LogP) is 4.13. The Labute approximate surface area is 210 Å². The minimum absolute atomic E-state index is 0.0811. The van der Waals surface area contributed by atoms with Crippen LogP contribution in [-0.2, 0) is 0 Å². The van der Waals surface area contributed by atoms with Crippen molar-refractivity contribution in [2.45, 2.75) is 102 Å². The first kappa shape index (κ1) is 24.2. The van der Waals surface area contributed by atoms with Crippen molar-refractivity contribution in [3.05, 3.63) is 28.5 Å². The Hall–Kier alpha value is -2.52. The van der Waals surface area contributed by atoms with Crippen molar-refractivity contribution in [1.29, 1.82) is 0 Å². The average Bonchev–Trinajstić information content (AvgIpc) is 3.63. The average molecular weight is 498 g/mol. The molecule has 35 heavy (non-hydrogen) atoms. The first-order valence-corrected chi connectivity index (χ1v) is 13.7. The van der Waals surface area contributed by atoms with Gasteiger partial charge in [-0.1, -0.05) is 6.92 Å². The second kappa shape index (κ2) is 9.85. The highest BCUT2D eigenvalue weighted by molar-refractivity contribution is 7.17. The summed E-state index contributed by atoms with van der Waals surface area (Å²) < 4.78 is 0. The monoisotopic (exact) mass is 497 g/mol. The van der Waals surface area contributed by atoms with Gasteiger partial charge < -0.3 is 20.6 Å². The van der Waals surface area contributed by atoms with Gasteiger partial charge in [0, 0.05) is 29.9 Å². The Morgan fingerprint density at radius 2 is 1.91 bits per heavy atom. The molecule has 1 saturated carbocycles. The minimum atomic E-state index is -0.531. The third kappa shape index (κ3) is 4.68. The van der Waals surface area contributed by atoms with E-state index in [1.54, 1.807) is 6.20 Å². The van der Waals surface area contributed by atoms with Gasteiger partial charge in [-0.2, -0.15) is 0 Å². The number of rotatable bonds is 7.